The number of nitrogens with zero attached hydrogens (tertiary/aromatic N) is 1. The number of nitrogens with one attached hydrogen (secondary N) is 2. The van der Waals surface area contributed by atoms with Gasteiger partial charge in [-0.2, -0.15) is 13.2 Å². The maximum Gasteiger partial charge on any atom is 0.405 e. The van der Waals surface area contributed by atoms with Crippen molar-refractivity contribution in [3.05, 3.63) is 45.9 Å². The molecule has 0 radical (unpaired) electrons. The van der Waals surface area contributed by atoms with E-state index >= 15 is 0 Å². The summed E-state index contributed by atoms with van der Waals surface area (Å²) in [7, 11) is -3.97. The fourth-order valence-electron chi connectivity index (χ4n) is 2.07. The van der Waals surface area contributed by atoms with Gasteiger partial charge in [-0.05, 0) is 18.2 Å². The first-order chi connectivity index (χ1) is 12.8. The number of sulfonamides is 1. The van der Waals surface area contributed by atoms with Gasteiger partial charge in [0.05, 0.1) is 22.1 Å². The molecule has 0 aliphatic rings. The van der Waals surface area contributed by atoms with Crippen molar-refractivity contribution >= 4 is 27.3 Å². The number of carbonyl (C=O) groups excluding carboxylic acids is 1. The molecule has 2 N–H and O–H groups in total. The van der Waals surface area contributed by atoms with Crippen LogP contribution in [0.1, 0.15) is 41.8 Å². The van der Waals surface area contributed by atoms with Crippen molar-refractivity contribution in [2.75, 3.05) is 6.54 Å². The number of rotatable bonds is 6. The highest BCUT2D eigenvalue weighted by Crippen LogP contribution is 2.25. The molecule has 0 aliphatic heterocycles. The van der Waals surface area contributed by atoms with Gasteiger partial charge >= 0.3 is 6.18 Å². The summed E-state index contributed by atoms with van der Waals surface area (Å²) in [5, 5.41) is 4.32. The summed E-state index contributed by atoms with van der Waals surface area (Å²) in [6.45, 7) is 4.44. The van der Waals surface area contributed by atoms with Crippen LogP contribution in [0.25, 0.3) is 0 Å². The minimum absolute atomic E-state index is 0.0423. The quantitative estimate of drug-likeness (QED) is 0.729. The SMILES string of the molecule is CC(C)(C)c1nc(CNS(=O)(=O)c2cccc(C(=O)NCC(F)(F)F)c2)cs1. The smallest absolute Gasteiger partial charge is 0.343 e. The van der Waals surface area contributed by atoms with Crippen LogP contribution in [-0.4, -0.2) is 32.0 Å². The minimum Gasteiger partial charge on any atom is -0.343 e. The Kier molecular flexibility index (Phi) is 6.51. The maximum absolute atomic E-state index is 12.5. The molecule has 0 bridgehead atoms. The molecule has 6 nitrogen and oxygen atoms in total. The maximum atomic E-state index is 12.5. The Morgan fingerprint density at radius 2 is 1.89 bits per heavy atom. The Morgan fingerprint density at radius 1 is 1.21 bits per heavy atom. The average molecular weight is 435 g/mol. The van der Waals surface area contributed by atoms with Gasteiger partial charge in [-0.15, -0.1) is 11.3 Å². The van der Waals surface area contributed by atoms with Crippen LogP contribution in [0.15, 0.2) is 34.5 Å². The molecular weight excluding hydrogens is 415 g/mol. The van der Waals surface area contributed by atoms with Crippen LogP contribution in [-0.2, 0) is 22.0 Å². The first-order valence-corrected chi connectivity index (χ1v) is 10.5. The number of thiazole rings is 1. The van der Waals surface area contributed by atoms with E-state index in [1.807, 2.05) is 20.8 Å². The molecule has 0 saturated carbocycles. The summed E-state index contributed by atoms with van der Waals surface area (Å²) in [6, 6.07) is 4.80. The molecule has 1 aromatic heterocycles. The highest BCUT2D eigenvalue weighted by atomic mass is 32.2. The topological polar surface area (TPSA) is 88.2 Å². The molecule has 2 aromatic rings. The Morgan fingerprint density at radius 3 is 2.46 bits per heavy atom. The summed E-state index contributed by atoms with van der Waals surface area (Å²) in [4.78, 5) is 16.0. The number of hydrogen-bond donors (Lipinski definition) is 2. The molecule has 1 heterocycles. The Bertz CT molecular complexity index is 948. The molecule has 154 valence electrons. The zero-order valence-corrected chi connectivity index (χ0v) is 17.1. The predicted molar refractivity (Wildman–Crippen MR) is 99.7 cm³/mol. The fraction of sp³-hybridized carbons (Fsp3) is 0.412. The normalized spacial score (nSPS) is 12.8. The van der Waals surface area contributed by atoms with Crippen LogP contribution in [0.3, 0.4) is 0 Å². The molecule has 0 spiro atoms. The van der Waals surface area contributed by atoms with Gasteiger partial charge in [-0.1, -0.05) is 26.8 Å². The molecular formula is C17H20F3N3O3S2. The van der Waals surface area contributed by atoms with Crippen molar-refractivity contribution in [1.82, 2.24) is 15.0 Å². The van der Waals surface area contributed by atoms with Crippen LogP contribution in [0.4, 0.5) is 13.2 Å². The molecule has 1 aromatic carbocycles. The zero-order valence-electron chi connectivity index (χ0n) is 15.4. The number of carbonyl (C=O) groups is 1. The van der Waals surface area contributed by atoms with Crippen molar-refractivity contribution in [1.29, 1.82) is 0 Å². The lowest BCUT2D eigenvalue weighted by Gasteiger charge is -2.13. The fourth-order valence-corrected chi connectivity index (χ4v) is 4.02. The lowest BCUT2D eigenvalue weighted by molar-refractivity contribution is -0.123. The van der Waals surface area contributed by atoms with Crippen LogP contribution in [0.5, 0.6) is 0 Å². The summed E-state index contributed by atoms with van der Waals surface area (Å²) >= 11 is 1.43. The van der Waals surface area contributed by atoms with E-state index in [0.29, 0.717) is 5.69 Å². The molecule has 0 aliphatic carbocycles. The van der Waals surface area contributed by atoms with Gasteiger partial charge in [-0.25, -0.2) is 18.1 Å². The summed E-state index contributed by atoms with van der Waals surface area (Å²) in [6.07, 6.45) is -4.56. The highest BCUT2D eigenvalue weighted by Gasteiger charge is 2.28. The van der Waals surface area contributed by atoms with E-state index in [-0.39, 0.29) is 22.4 Å². The summed E-state index contributed by atoms with van der Waals surface area (Å²) < 4.78 is 63.9. The van der Waals surface area contributed by atoms with Gasteiger partial charge in [0, 0.05) is 16.4 Å². The number of hydrogen-bond acceptors (Lipinski definition) is 5. The van der Waals surface area contributed by atoms with Gasteiger partial charge in [0.2, 0.25) is 10.0 Å². The Labute approximate surface area is 165 Å². The second-order valence-corrected chi connectivity index (χ2v) is 9.67. The van der Waals surface area contributed by atoms with Gasteiger partial charge in [-0.3, -0.25) is 4.79 Å². The third-order valence-corrected chi connectivity index (χ3v) is 6.21. The number of aromatic nitrogens is 1. The van der Waals surface area contributed by atoms with Crippen LogP contribution < -0.4 is 10.0 Å². The molecule has 2 rings (SSSR count). The standard InChI is InChI=1S/C17H20F3N3O3S2/c1-16(2,3)15-23-12(9-27-15)8-22-28(25,26)13-6-4-5-11(7-13)14(24)21-10-17(18,19)20/h4-7,9,22H,8,10H2,1-3H3,(H,21,24). The first-order valence-electron chi connectivity index (χ1n) is 8.17. The van der Waals surface area contributed by atoms with E-state index in [1.54, 1.807) is 10.7 Å². The van der Waals surface area contributed by atoms with Crippen LogP contribution in [0, 0.1) is 0 Å². The molecule has 28 heavy (non-hydrogen) atoms. The van der Waals surface area contributed by atoms with Crippen LogP contribution in [0.2, 0.25) is 0 Å². The number of alkyl halides is 3. The molecule has 0 fully saturated rings. The lowest BCUT2D eigenvalue weighted by atomic mass is 9.98. The van der Waals surface area contributed by atoms with E-state index in [1.165, 1.54) is 29.5 Å². The minimum atomic E-state index is -4.56. The molecule has 1 amide bonds. The predicted octanol–water partition coefficient (Wildman–Crippen LogP) is 3.21. The largest absolute Gasteiger partial charge is 0.405 e. The molecule has 0 atom stereocenters. The summed E-state index contributed by atoms with van der Waals surface area (Å²) in [5.74, 6) is -1.01. The van der Waals surface area contributed by atoms with Crippen molar-refractivity contribution in [3.63, 3.8) is 0 Å². The van der Waals surface area contributed by atoms with E-state index < -0.39 is 28.7 Å². The van der Waals surface area contributed by atoms with Gasteiger partial charge in [0.1, 0.15) is 6.54 Å². The first kappa shape index (κ1) is 22.3. The Hall–Kier alpha value is -1.98. The van der Waals surface area contributed by atoms with Gasteiger partial charge in [0.25, 0.3) is 5.91 Å². The van der Waals surface area contributed by atoms with Gasteiger partial charge in [0.15, 0.2) is 0 Å². The third-order valence-electron chi connectivity index (χ3n) is 3.49. The average Bonchev–Trinajstić information content (AvgIpc) is 3.07. The summed E-state index contributed by atoms with van der Waals surface area (Å²) in [5.41, 5.74) is 0.216. The third kappa shape index (κ3) is 6.28. The monoisotopic (exact) mass is 435 g/mol. The zero-order chi connectivity index (χ0) is 21.2. The highest BCUT2D eigenvalue weighted by molar-refractivity contribution is 7.89. The number of amides is 1. The van der Waals surface area contributed by atoms with E-state index in [4.69, 9.17) is 0 Å². The molecule has 0 unspecified atom stereocenters. The van der Waals surface area contributed by atoms with Crippen molar-refractivity contribution < 1.29 is 26.4 Å². The molecule has 11 heteroatoms. The van der Waals surface area contributed by atoms with E-state index in [0.717, 1.165) is 11.1 Å². The Balaban J connectivity index is 2.09. The van der Waals surface area contributed by atoms with Gasteiger partial charge < -0.3 is 5.32 Å². The van der Waals surface area contributed by atoms with Crippen LogP contribution >= 0.6 is 11.3 Å². The van der Waals surface area contributed by atoms with E-state index in [9.17, 15) is 26.4 Å². The molecule has 0 saturated heterocycles. The second kappa shape index (κ2) is 8.18. The number of halogens is 3. The lowest BCUT2D eigenvalue weighted by Crippen LogP contribution is -2.33. The second-order valence-electron chi connectivity index (χ2n) is 7.04. The van der Waals surface area contributed by atoms with E-state index in [2.05, 4.69) is 9.71 Å². The van der Waals surface area contributed by atoms with Crippen molar-refractivity contribution in [2.45, 2.75) is 43.8 Å². The van der Waals surface area contributed by atoms with Crippen molar-refractivity contribution in [3.8, 4) is 0 Å². The number of benzene rings is 1. The van der Waals surface area contributed by atoms with Crippen molar-refractivity contribution in [2.24, 2.45) is 0 Å².